The van der Waals surface area contributed by atoms with Crippen LogP contribution in [0.3, 0.4) is 0 Å². The lowest BCUT2D eigenvalue weighted by atomic mass is 10.4. The number of carbonyl (C=O) groups is 2. The van der Waals surface area contributed by atoms with E-state index in [1.807, 2.05) is 0 Å². The summed E-state index contributed by atoms with van der Waals surface area (Å²) in [6.07, 6.45) is 1.26. The molecule has 1 amide bonds. The Hall–Kier alpha value is -1.92. The number of aromatic amines is 1. The van der Waals surface area contributed by atoms with E-state index in [9.17, 15) is 9.59 Å². The summed E-state index contributed by atoms with van der Waals surface area (Å²) in [4.78, 5) is 21.7. The Labute approximate surface area is 73.5 Å². The fourth-order valence-electron chi connectivity index (χ4n) is 0.626. The first-order valence-corrected chi connectivity index (χ1v) is 3.45. The van der Waals surface area contributed by atoms with E-state index >= 15 is 0 Å². The molecule has 0 saturated carbocycles. The molecular formula is C6H8N4O3. The Kier molecular flexibility index (Phi) is 2.96. The Morgan fingerprint density at radius 3 is 3.00 bits per heavy atom. The monoisotopic (exact) mass is 184 g/mol. The van der Waals surface area contributed by atoms with Crippen molar-refractivity contribution in [3.8, 4) is 0 Å². The SMILES string of the molecule is COC(=O)CNC(=O)c1cn[nH]n1. The molecule has 0 unspecified atom stereocenters. The summed E-state index contributed by atoms with van der Waals surface area (Å²) in [5.41, 5.74) is 0.129. The second-order valence-electron chi connectivity index (χ2n) is 2.11. The number of carbonyl (C=O) groups excluding carboxylic acids is 2. The quantitative estimate of drug-likeness (QED) is 0.569. The lowest BCUT2D eigenvalue weighted by Crippen LogP contribution is -2.30. The maximum absolute atomic E-state index is 11.1. The molecule has 7 nitrogen and oxygen atoms in total. The zero-order chi connectivity index (χ0) is 9.68. The van der Waals surface area contributed by atoms with Crippen LogP contribution >= 0.6 is 0 Å². The van der Waals surface area contributed by atoms with E-state index < -0.39 is 11.9 Å². The molecule has 7 heteroatoms. The predicted octanol–water partition coefficient (Wildman–Crippen LogP) is -1.29. The van der Waals surface area contributed by atoms with Crippen molar-refractivity contribution in [3.05, 3.63) is 11.9 Å². The number of amides is 1. The summed E-state index contributed by atoms with van der Waals surface area (Å²) in [7, 11) is 1.24. The molecule has 1 aromatic heterocycles. The first-order valence-electron chi connectivity index (χ1n) is 3.45. The number of hydrogen-bond donors (Lipinski definition) is 2. The van der Waals surface area contributed by atoms with Gasteiger partial charge in [0.15, 0.2) is 5.69 Å². The third-order valence-corrected chi connectivity index (χ3v) is 1.27. The predicted molar refractivity (Wildman–Crippen MR) is 40.7 cm³/mol. The highest BCUT2D eigenvalue weighted by atomic mass is 16.5. The average molecular weight is 184 g/mol. The van der Waals surface area contributed by atoms with Crippen molar-refractivity contribution in [1.82, 2.24) is 20.7 Å². The van der Waals surface area contributed by atoms with Gasteiger partial charge in [0.05, 0.1) is 13.3 Å². The molecule has 0 bridgehead atoms. The summed E-state index contributed by atoms with van der Waals surface area (Å²) in [6.45, 7) is -0.178. The number of ether oxygens (including phenoxy) is 1. The third-order valence-electron chi connectivity index (χ3n) is 1.27. The van der Waals surface area contributed by atoms with Crippen molar-refractivity contribution >= 4 is 11.9 Å². The number of methoxy groups -OCH3 is 1. The van der Waals surface area contributed by atoms with Gasteiger partial charge in [0.1, 0.15) is 6.54 Å². The van der Waals surface area contributed by atoms with E-state index in [0.717, 1.165) is 0 Å². The molecule has 1 rings (SSSR count). The van der Waals surface area contributed by atoms with E-state index in [-0.39, 0.29) is 12.2 Å². The van der Waals surface area contributed by atoms with Crippen molar-refractivity contribution in [2.24, 2.45) is 0 Å². The van der Waals surface area contributed by atoms with E-state index in [0.29, 0.717) is 0 Å². The molecule has 1 heterocycles. The molecule has 0 saturated heterocycles. The molecule has 1 aromatic rings. The first-order chi connectivity index (χ1) is 6.24. The van der Waals surface area contributed by atoms with Crippen LogP contribution in [0, 0.1) is 0 Å². The zero-order valence-corrected chi connectivity index (χ0v) is 6.90. The van der Waals surface area contributed by atoms with Crippen molar-refractivity contribution in [2.75, 3.05) is 13.7 Å². The molecule has 0 radical (unpaired) electrons. The van der Waals surface area contributed by atoms with Crippen LogP contribution < -0.4 is 5.32 Å². The molecule has 0 aromatic carbocycles. The van der Waals surface area contributed by atoms with Crippen LogP contribution in [-0.2, 0) is 9.53 Å². The minimum Gasteiger partial charge on any atom is -0.468 e. The van der Waals surface area contributed by atoms with Crippen LogP contribution in [0.25, 0.3) is 0 Å². The average Bonchev–Trinajstić information content (AvgIpc) is 2.66. The lowest BCUT2D eigenvalue weighted by molar-refractivity contribution is -0.139. The standard InChI is InChI=1S/C6H8N4O3/c1-13-5(11)3-7-6(12)4-2-8-10-9-4/h2H,3H2,1H3,(H,7,12)(H,8,9,10). The van der Waals surface area contributed by atoms with Crippen molar-refractivity contribution in [3.63, 3.8) is 0 Å². The van der Waals surface area contributed by atoms with Gasteiger partial charge in [-0.2, -0.15) is 15.4 Å². The Bertz CT molecular complexity index is 295. The van der Waals surface area contributed by atoms with Crippen LogP contribution in [0.1, 0.15) is 10.5 Å². The minimum atomic E-state index is -0.517. The van der Waals surface area contributed by atoms with Crippen LogP contribution in [0.2, 0.25) is 0 Å². The van der Waals surface area contributed by atoms with Crippen LogP contribution in [0.15, 0.2) is 6.20 Å². The van der Waals surface area contributed by atoms with Crippen molar-refractivity contribution in [2.45, 2.75) is 0 Å². The summed E-state index contributed by atoms with van der Waals surface area (Å²) < 4.78 is 4.32. The number of hydrogen-bond acceptors (Lipinski definition) is 5. The highest BCUT2D eigenvalue weighted by Gasteiger charge is 2.09. The molecule has 0 aliphatic heterocycles. The fourth-order valence-corrected chi connectivity index (χ4v) is 0.626. The van der Waals surface area contributed by atoms with Gasteiger partial charge in [-0.15, -0.1) is 0 Å². The van der Waals surface area contributed by atoms with E-state index in [1.165, 1.54) is 13.3 Å². The van der Waals surface area contributed by atoms with Gasteiger partial charge in [-0.05, 0) is 0 Å². The molecular weight excluding hydrogens is 176 g/mol. The van der Waals surface area contributed by atoms with E-state index in [2.05, 4.69) is 25.5 Å². The van der Waals surface area contributed by atoms with E-state index in [1.54, 1.807) is 0 Å². The lowest BCUT2D eigenvalue weighted by Gasteiger charge is -1.99. The molecule has 0 atom stereocenters. The second kappa shape index (κ2) is 4.19. The highest BCUT2D eigenvalue weighted by molar-refractivity contribution is 5.93. The number of H-pyrrole nitrogens is 1. The van der Waals surface area contributed by atoms with Crippen LogP contribution in [-0.4, -0.2) is 40.9 Å². The molecule has 70 valence electrons. The van der Waals surface area contributed by atoms with Gasteiger partial charge >= 0.3 is 5.97 Å². The molecule has 0 aliphatic carbocycles. The summed E-state index contributed by atoms with van der Waals surface area (Å²) in [6, 6.07) is 0. The van der Waals surface area contributed by atoms with Crippen molar-refractivity contribution in [1.29, 1.82) is 0 Å². The first kappa shape index (κ1) is 9.17. The van der Waals surface area contributed by atoms with Gasteiger partial charge in [-0.1, -0.05) is 0 Å². The number of esters is 1. The van der Waals surface area contributed by atoms with Gasteiger partial charge in [0, 0.05) is 0 Å². The second-order valence-corrected chi connectivity index (χ2v) is 2.11. The molecule has 0 spiro atoms. The number of nitrogens with zero attached hydrogens (tertiary/aromatic N) is 2. The van der Waals surface area contributed by atoms with E-state index in [4.69, 9.17) is 0 Å². The summed E-state index contributed by atoms with van der Waals surface area (Å²) in [5, 5.41) is 11.5. The van der Waals surface area contributed by atoms with Gasteiger partial charge in [-0.3, -0.25) is 9.59 Å². The third kappa shape index (κ3) is 2.55. The summed E-state index contributed by atoms with van der Waals surface area (Å²) in [5.74, 6) is -0.990. The van der Waals surface area contributed by atoms with Gasteiger partial charge in [0.25, 0.3) is 5.91 Å². The largest absolute Gasteiger partial charge is 0.468 e. The number of rotatable bonds is 3. The van der Waals surface area contributed by atoms with Gasteiger partial charge < -0.3 is 10.1 Å². The Morgan fingerprint density at radius 2 is 2.46 bits per heavy atom. The maximum Gasteiger partial charge on any atom is 0.325 e. The zero-order valence-electron chi connectivity index (χ0n) is 6.90. The van der Waals surface area contributed by atoms with Gasteiger partial charge in [-0.25, -0.2) is 0 Å². The normalized spacial score (nSPS) is 9.31. The number of nitrogens with one attached hydrogen (secondary N) is 2. The smallest absolute Gasteiger partial charge is 0.325 e. The molecule has 0 fully saturated rings. The molecule has 2 N–H and O–H groups in total. The van der Waals surface area contributed by atoms with Crippen LogP contribution in [0.5, 0.6) is 0 Å². The highest BCUT2D eigenvalue weighted by Crippen LogP contribution is 1.86. The fraction of sp³-hybridized carbons (Fsp3) is 0.333. The minimum absolute atomic E-state index is 0.129. The maximum atomic E-state index is 11.1. The summed E-state index contributed by atoms with van der Waals surface area (Å²) >= 11 is 0. The molecule has 13 heavy (non-hydrogen) atoms. The van der Waals surface area contributed by atoms with Crippen LogP contribution in [0.4, 0.5) is 0 Å². The molecule has 0 aliphatic rings. The van der Waals surface area contributed by atoms with Crippen molar-refractivity contribution < 1.29 is 14.3 Å². The van der Waals surface area contributed by atoms with Gasteiger partial charge in [0.2, 0.25) is 0 Å². The Balaban J connectivity index is 2.39. The Morgan fingerprint density at radius 1 is 1.69 bits per heavy atom. The topological polar surface area (TPSA) is 97.0 Å². The number of aromatic nitrogens is 3.